The average Bonchev–Trinajstić information content (AvgIpc) is 2.80. The van der Waals surface area contributed by atoms with Gasteiger partial charge in [-0.3, -0.25) is 4.79 Å². The summed E-state index contributed by atoms with van der Waals surface area (Å²) in [6.07, 6.45) is 1.19. The smallest absolute Gasteiger partial charge is 0.336 e. The van der Waals surface area contributed by atoms with Crippen LogP contribution in [0, 0.1) is 0 Å². The molecule has 8 nitrogen and oxygen atoms in total. The van der Waals surface area contributed by atoms with Crippen molar-refractivity contribution in [1.29, 1.82) is 0 Å². The quantitative estimate of drug-likeness (QED) is 0.356. The van der Waals surface area contributed by atoms with Gasteiger partial charge in [-0.05, 0) is 35.9 Å². The molecule has 33 heavy (non-hydrogen) atoms. The Morgan fingerprint density at radius 3 is 2.27 bits per heavy atom. The van der Waals surface area contributed by atoms with Gasteiger partial charge in [0.05, 0.1) is 23.2 Å². The first-order chi connectivity index (χ1) is 15.8. The Morgan fingerprint density at radius 1 is 0.970 bits per heavy atom. The summed E-state index contributed by atoms with van der Waals surface area (Å²) in [6, 6.07) is 20.7. The topological polar surface area (TPSA) is 116 Å². The molecule has 0 aromatic heterocycles. The molecule has 0 heterocycles. The predicted octanol–water partition coefficient (Wildman–Crippen LogP) is 3.38. The zero-order valence-electron chi connectivity index (χ0n) is 17.3. The van der Waals surface area contributed by atoms with Gasteiger partial charge < -0.3 is 5.11 Å². The van der Waals surface area contributed by atoms with E-state index in [0.29, 0.717) is 16.1 Å². The molecule has 0 bridgehead atoms. The third-order valence-electron chi connectivity index (χ3n) is 4.56. The molecule has 0 aliphatic heterocycles. The SMILES string of the molecule is O=C(CN(Cc1ccccc1)S(=O)(=O)c1ccc(Cl)cc1)N/N=C\c1ccccc1C(=O)O. The first-order valence-corrected chi connectivity index (χ1v) is 11.5. The summed E-state index contributed by atoms with van der Waals surface area (Å²) in [7, 11) is -4.02. The number of sulfonamides is 1. The molecule has 2 N–H and O–H groups in total. The van der Waals surface area contributed by atoms with Crippen LogP contribution < -0.4 is 5.43 Å². The summed E-state index contributed by atoms with van der Waals surface area (Å²) in [5.41, 5.74) is 3.26. The number of nitrogens with zero attached hydrogens (tertiary/aromatic N) is 2. The molecule has 0 atom stereocenters. The lowest BCUT2D eigenvalue weighted by Gasteiger charge is -2.21. The van der Waals surface area contributed by atoms with Crippen molar-refractivity contribution in [3.8, 4) is 0 Å². The van der Waals surface area contributed by atoms with Crippen LogP contribution in [0.4, 0.5) is 0 Å². The molecule has 170 valence electrons. The molecule has 0 spiro atoms. The van der Waals surface area contributed by atoms with Crippen molar-refractivity contribution < 1.29 is 23.1 Å². The second-order valence-corrected chi connectivity index (χ2v) is 9.27. The lowest BCUT2D eigenvalue weighted by atomic mass is 10.1. The first kappa shape index (κ1) is 24.1. The number of hydrogen-bond acceptors (Lipinski definition) is 5. The molecule has 3 aromatic rings. The molecule has 0 fully saturated rings. The van der Waals surface area contributed by atoms with Crippen molar-refractivity contribution in [1.82, 2.24) is 9.73 Å². The fraction of sp³-hybridized carbons (Fsp3) is 0.0870. The van der Waals surface area contributed by atoms with Gasteiger partial charge in [-0.1, -0.05) is 60.1 Å². The van der Waals surface area contributed by atoms with E-state index >= 15 is 0 Å². The van der Waals surface area contributed by atoms with Gasteiger partial charge in [-0.25, -0.2) is 18.6 Å². The van der Waals surface area contributed by atoms with E-state index in [9.17, 15) is 23.1 Å². The Kier molecular flexibility index (Phi) is 7.94. The maximum absolute atomic E-state index is 13.2. The molecule has 3 aromatic carbocycles. The normalized spacial score (nSPS) is 11.6. The zero-order valence-corrected chi connectivity index (χ0v) is 18.8. The highest BCUT2D eigenvalue weighted by Gasteiger charge is 2.27. The maximum Gasteiger partial charge on any atom is 0.336 e. The van der Waals surface area contributed by atoms with Crippen LogP contribution >= 0.6 is 11.6 Å². The number of aromatic carboxylic acids is 1. The Balaban J connectivity index is 1.79. The fourth-order valence-corrected chi connectivity index (χ4v) is 4.45. The van der Waals surface area contributed by atoms with E-state index in [-0.39, 0.29) is 17.0 Å². The van der Waals surface area contributed by atoms with E-state index in [1.54, 1.807) is 42.5 Å². The number of amides is 1. The van der Waals surface area contributed by atoms with E-state index in [2.05, 4.69) is 10.5 Å². The second-order valence-electron chi connectivity index (χ2n) is 6.90. The van der Waals surface area contributed by atoms with Crippen molar-refractivity contribution >= 4 is 39.7 Å². The molecule has 0 saturated carbocycles. The third-order valence-corrected chi connectivity index (χ3v) is 6.62. The summed E-state index contributed by atoms with van der Waals surface area (Å²) in [4.78, 5) is 23.8. The first-order valence-electron chi connectivity index (χ1n) is 9.71. The Bertz CT molecular complexity index is 1260. The Labute approximate surface area is 196 Å². The molecule has 0 aliphatic carbocycles. The molecular formula is C23H20ClN3O5S. The minimum atomic E-state index is -4.02. The van der Waals surface area contributed by atoms with Crippen molar-refractivity contribution in [2.24, 2.45) is 5.10 Å². The minimum Gasteiger partial charge on any atom is -0.478 e. The molecule has 10 heteroatoms. The van der Waals surface area contributed by atoms with Crippen LogP contribution in [-0.4, -0.2) is 42.5 Å². The summed E-state index contributed by atoms with van der Waals surface area (Å²) < 4.78 is 27.4. The number of carboxylic acid groups (broad SMARTS) is 1. The highest BCUT2D eigenvalue weighted by Crippen LogP contribution is 2.20. The molecule has 0 saturated heterocycles. The maximum atomic E-state index is 13.2. The summed E-state index contributed by atoms with van der Waals surface area (Å²) >= 11 is 5.87. The summed E-state index contributed by atoms with van der Waals surface area (Å²) in [5.74, 6) is -1.82. The lowest BCUT2D eigenvalue weighted by Crippen LogP contribution is -2.39. The highest BCUT2D eigenvalue weighted by atomic mass is 35.5. The zero-order chi connectivity index (χ0) is 23.8. The van der Waals surface area contributed by atoms with Crippen molar-refractivity contribution in [3.63, 3.8) is 0 Å². The van der Waals surface area contributed by atoms with Gasteiger partial charge >= 0.3 is 5.97 Å². The predicted molar refractivity (Wildman–Crippen MR) is 125 cm³/mol. The van der Waals surface area contributed by atoms with Gasteiger partial charge in [0.15, 0.2) is 0 Å². The Hall–Kier alpha value is -3.53. The standard InChI is InChI=1S/C23H20ClN3O5S/c24-19-10-12-20(13-11-19)33(31,32)27(15-17-6-2-1-3-7-17)16-22(28)26-25-14-18-8-4-5-9-21(18)23(29)30/h1-14H,15-16H2,(H,26,28)(H,29,30)/b25-14-. The number of hydrazone groups is 1. The van der Waals surface area contributed by atoms with Gasteiger partial charge in [0, 0.05) is 17.1 Å². The molecule has 0 unspecified atom stereocenters. The molecular weight excluding hydrogens is 466 g/mol. The second kappa shape index (κ2) is 10.9. The van der Waals surface area contributed by atoms with Crippen molar-refractivity contribution in [2.45, 2.75) is 11.4 Å². The number of benzene rings is 3. The molecule has 3 rings (SSSR count). The monoisotopic (exact) mass is 485 g/mol. The van der Waals surface area contributed by atoms with Gasteiger partial charge in [0.1, 0.15) is 0 Å². The van der Waals surface area contributed by atoms with Gasteiger partial charge in [-0.15, -0.1) is 0 Å². The van der Waals surface area contributed by atoms with E-state index in [1.807, 2.05) is 0 Å². The van der Waals surface area contributed by atoms with E-state index in [1.165, 1.54) is 42.6 Å². The Morgan fingerprint density at radius 2 is 1.61 bits per heavy atom. The fourth-order valence-electron chi connectivity index (χ4n) is 2.94. The van der Waals surface area contributed by atoms with Crippen molar-refractivity contribution in [2.75, 3.05) is 6.54 Å². The third kappa shape index (κ3) is 6.48. The number of carbonyl (C=O) groups excluding carboxylic acids is 1. The number of carboxylic acids is 1. The van der Waals surface area contributed by atoms with E-state index in [4.69, 9.17) is 11.6 Å². The molecule has 1 amide bonds. The van der Waals surface area contributed by atoms with Gasteiger partial charge in [0.2, 0.25) is 10.0 Å². The van der Waals surface area contributed by atoms with E-state index in [0.717, 1.165) is 4.31 Å². The van der Waals surface area contributed by atoms with Gasteiger partial charge in [0.25, 0.3) is 5.91 Å². The number of halogens is 1. The van der Waals surface area contributed by atoms with E-state index < -0.39 is 28.4 Å². The van der Waals surface area contributed by atoms with Gasteiger partial charge in [-0.2, -0.15) is 9.41 Å². The highest BCUT2D eigenvalue weighted by molar-refractivity contribution is 7.89. The largest absolute Gasteiger partial charge is 0.478 e. The summed E-state index contributed by atoms with van der Waals surface area (Å²) in [5, 5.41) is 13.4. The van der Waals surface area contributed by atoms with Crippen LogP contribution in [0.1, 0.15) is 21.5 Å². The number of nitrogens with one attached hydrogen (secondary N) is 1. The number of hydrogen-bond donors (Lipinski definition) is 2. The van der Waals surface area contributed by atoms with Crippen molar-refractivity contribution in [3.05, 3.63) is 101 Å². The lowest BCUT2D eigenvalue weighted by molar-refractivity contribution is -0.121. The molecule has 0 radical (unpaired) electrons. The molecule has 0 aliphatic rings. The summed E-state index contributed by atoms with van der Waals surface area (Å²) in [6.45, 7) is -0.539. The number of carbonyl (C=O) groups is 2. The van der Waals surface area contributed by atoms with Crippen LogP contribution in [0.25, 0.3) is 0 Å². The average molecular weight is 486 g/mol. The van der Waals surface area contributed by atoms with Crippen LogP contribution in [0.5, 0.6) is 0 Å². The van der Waals surface area contributed by atoms with Crippen LogP contribution in [0.2, 0.25) is 5.02 Å². The van der Waals surface area contributed by atoms with Crippen LogP contribution in [0.3, 0.4) is 0 Å². The van der Waals surface area contributed by atoms with Crippen LogP contribution in [-0.2, 0) is 21.4 Å². The number of rotatable bonds is 9. The van der Waals surface area contributed by atoms with Crippen LogP contribution in [0.15, 0.2) is 88.9 Å². The minimum absolute atomic E-state index is 0.00508.